The van der Waals surface area contributed by atoms with Crippen LogP contribution in [0.3, 0.4) is 0 Å². The lowest BCUT2D eigenvalue weighted by atomic mass is 10.1. The van der Waals surface area contributed by atoms with Crippen LogP contribution in [-0.2, 0) is 9.59 Å². The van der Waals surface area contributed by atoms with Crippen molar-refractivity contribution in [2.75, 3.05) is 17.7 Å². The first-order chi connectivity index (χ1) is 20.2. The first-order valence-corrected chi connectivity index (χ1v) is 14.3. The monoisotopic (exact) mass is 579 g/mol. The Morgan fingerprint density at radius 3 is 2.26 bits per heavy atom. The molecule has 1 unspecified atom stereocenters. The molecule has 214 valence electrons. The Morgan fingerprint density at radius 1 is 0.833 bits per heavy atom. The van der Waals surface area contributed by atoms with E-state index < -0.39 is 11.8 Å². The van der Waals surface area contributed by atoms with Crippen LogP contribution in [0, 0.1) is 13.8 Å². The fourth-order valence-corrected chi connectivity index (χ4v) is 5.03. The van der Waals surface area contributed by atoms with Crippen LogP contribution in [0.5, 0.6) is 5.75 Å². The van der Waals surface area contributed by atoms with Crippen molar-refractivity contribution in [2.24, 2.45) is 0 Å². The summed E-state index contributed by atoms with van der Waals surface area (Å²) in [6.45, 7) is 5.81. The van der Waals surface area contributed by atoms with Gasteiger partial charge in [0.1, 0.15) is 11.4 Å². The minimum Gasteiger partial charge on any atom is -0.497 e. The number of hydrogen-bond acceptors (Lipinski definition) is 5. The number of carbonyl (C=O) groups excluding carboxylic acids is 3. The number of hydrogen-bond donors (Lipinski definition) is 3. The van der Waals surface area contributed by atoms with Gasteiger partial charge in [-0.25, -0.2) is 0 Å². The second-order valence-electron chi connectivity index (χ2n) is 9.70. The van der Waals surface area contributed by atoms with Gasteiger partial charge in [0.2, 0.25) is 5.91 Å². The molecule has 0 spiro atoms. The highest BCUT2D eigenvalue weighted by atomic mass is 32.2. The molecule has 0 heterocycles. The fraction of sp³-hybridized carbons (Fsp3) is 0.147. The van der Waals surface area contributed by atoms with Crippen LogP contribution >= 0.6 is 11.8 Å². The van der Waals surface area contributed by atoms with E-state index >= 15 is 0 Å². The molecule has 4 aromatic rings. The zero-order valence-corrected chi connectivity index (χ0v) is 24.8. The highest BCUT2D eigenvalue weighted by molar-refractivity contribution is 8.00. The van der Waals surface area contributed by atoms with Gasteiger partial charge >= 0.3 is 0 Å². The van der Waals surface area contributed by atoms with E-state index in [-0.39, 0.29) is 16.9 Å². The molecule has 1 atom stereocenters. The number of nitrogens with one attached hydrogen (secondary N) is 3. The lowest BCUT2D eigenvalue weighted by Crippen LogP contribution is -2.30. The zero-order chi connectivity index (χ0) is 30.1. The van der Waals surface area contributed by atoms with Crippen molar-refractivity contribution in [3.05, 3.63) is 125 Å². The lowest BCUT2D eigenvalue weighted by Gasteiger charge is -2.15. The Kier molecular flexibility index (Phi) is 10.2. The van der Waals surface area contributed by atoms with Gasteiger partial charge in [-0.3, -0.25) is 14.4 Å². The number of aryl methyl sites for hydroxylation is 2. The van der Waals surface area contributed by atoms with Crippen LogP contribution in [-0.4, -0.2) is 30.1 Å². The third-order valence-electron chi connectivity index (χ3n) is 6.37. The predicted molar refractivity (Wildman–Crippen MR) is 170 cm³/mol. The topological polar surface area (TPSA) is 96.5 Å². The number of thioether (sulfide) groups is 1. The van der Waals surface area contributed by atoms with Crippen LogP contribution in [0.25, 0.3) is 6.08 Å². The van der Waals surface area contributed by atoms with Gasteiger partial charge in [0.15, 0.2) is 0 Å². The maximum Gasteiger partial charge on any atom is 0.272 e. The average molecular weight is 580 g/mol. The molecule has 8 heteroatoms. The third-order valence-corrected chi connectivity index (χ3v) is 7.46. The first kappa shape index (κ1) is 30.1. The van der Waals surface area contributed by atoms with Crippen molar-refractivity contribution < 1.29 is 19.1 Å². The molecule has 7 nitrogen and oxygen atoms in total. The van der Waals surface area contributed by atoms with Crippen molar-refractivity contribution in [3.8, 4) is 5.75 Å². The lowest BCUT2D eigenvalue weighted by molar-refractivity contribution is -0.115. The molecule has 4 aromatic carbocycles. The van der Waals surface area contributed by atoms with Gasteiger partial charge in [-0.05, 0) is 86.5 Å². The van der Waals surface area contributed by atoms with E-state index in [4.69, 9.17) is 4.74 Å². The minimum absolute atomic E-state index is 0.0771. The van der Waals surface area contributed by atoms with Crippen LogP contribution < -0.4 is 20.7 Å². The SMILES string of the molecule is COc1ccc(/C=C(/NC(=O)c2ccccc2)C(=O)Nc2cccc(SC(C)C(=O)Nc3ccc(C)cc3C)c2)cc1. The summed E-state index contributed by atoms with van der Waals surface area (Å²) in [6, 6.07) is 29.0. The van der Waals surface area contributed by atoms with E-state index in [1.165, 1.54) is 11.8 Å². The summed E-state index contributed by atoms with van der Waals surface area (Å²) in [4.78, 5) is 40.0. The number of rotatable bonds is 10. The molecule has 4 rings (SSSR count). The van der Waals surface area contributed by atoms with Crippen LogP contribution in [0.4, 0.5) is 11.4 Å². The predicted octanol–water partition coefficient (Wildman–Crippen LogP) is 6.84. The van der Waals surface area contributed by atoms with Crippen molar-refractivity contribution >= 4 is 46.9 Å². The van der Waals surface area contributed by atoms with E-state index in [1.807, 2.05) is 57.2 Å². The van der Waals surface area contributed by atoms with Gasteiger partial charge in [-0.2, -0.15) is 0 Å². The molecule has 3 amide bonds. The molecular formula is C34H33N3O4S. The largest absolute Gasteiger partial charge is 0.497 e. The van der Waals surface area contributed by atoms with Gasteiger partial charge in [0.05, 0.1) is 12.4 Å². The van der Waals surface area contributed by atoms with Crippen molar-refractivity contribution in [1.82, 2.24) is 5.32 Å². The van der Waals surface area contributed by atoms with Gasteiger partial charge in [0, 0.05) is 21.8 Å². The molecule has 0 radical (unpaired) electrons. The van der Waals surface area contributed by atoms with E-state index in [9.17, 15) is 14.4 Å². The Labute approximate surface area is 250 Å². The molecule has 0 saturated carbocycles. The van der Waals surface area contributed by atoms with Crippen LogP contribution in [0.2, 0.25) is 0 Å². The zero-order valence-electron chi connectivity index (χ0n) is 23.9. The van der Waals surface area contributed by atoms with Gasteiger partial charge < -0.3 is 20.7 Å². The standard InChI is InChI=1S/C34H33N3O4S/c1-22-13-18-30(23(2)19-22)36-32(38)24(3)42-29-12-8-11-27(21-29)35-34(40)31(20-25-14-16-28(41-4)17-15-25)37-33(39)26-9-6-5-7-10-26/h5-21,24H,1-4H3,(H,35,40)(H,36,38)(H,37,39)/b31-20+. The molecular weight excluding hydrogens is 546 g/mol. The highest BCUT2D eigenvalue weighted by Gasteiger charge is 2.18. The number of benzene rings is 4. The molecule has 0 aliphatic heterocycles. The molecule has 0 bridgehead atoms. The summed E-state index contributed by atoms with van der Waals surface area (Å²) in [6.07, 6.45) is 1.60. The van der Waals surface area contributed by atoms with Crippen molar-refractivity contribution in [2.45, 2.75) is 30.9 Å². The van der Waals surface area contributed by atoms with E-state index in [2.05, 4.69) is 16.0 Å². The number of methoxy groups -OCH3 is 1. The summed E-state index contributed by atoms with van der Waals surface area (Å²) < 4.78 is 5.22. The van der Waals surface area contributed by atoms with Crippen LogP contribution in [0.1, 0.15) is 34.0 Å². The third kappa shape index (κ3) is 8.34. The Balaban J connectivity index is 1.48. The summed E-state index contributed by atoms with van der Waals surface area (Å²) in [5.74, 6) is -0.330. The van der Waals surface area contributed by atoms with E-state index in [0.29, 0.717) is 22.6 Å². The number of ether oxygens (including phenoxy) is 1. The Hall–Kier alpha value is -4.82. The summed E-state index contributed by atoms with van der Waals surface area (Å²) in [5.41, 5.74) is 4.67. The molecule has 3 N–H and O–H groups in total. The fourth-order valence-electron chi connectivity index (χ4n) is 4.10. The number of carbonyl (C=O) groups is 3. The molecule has 0 aliphatic rings. The summed E-state index contributed by atoms with van der Waals surface area (Å²) >= 11 is 1.38. The molecule has 0 aliphatic carbocycles. The number of amides is 3. The van der Waals surface area contributed by atoms with Gasteiger partial charge in [-0.15, -0.1) is 11.8 Å². The molecule has 0 saturated heterocycles. The van der Waals surface area contributed by atoms with Crippen LogP contribution in [0.15, 0.2) is 108 Å². The smallest absolute Gasteiger partial charge is 0.272 e. The van der Waals surface area contributed by atoms with Gasteiger partial charge in [0.25, 0.3) is 11.8 Å². The molecule has 0 aromatic heterocycles. The quantitative estimate of drug-likeness (QED) is 0.141. The van der Waals surface area contributed by atoms with Crippen molar-refractivity contribution in [3.63, 3.8) is 0 Å². The molecule has 42 heavy (non-hydrogen) atoms. The molecule has 0 fully saturated rings. The average Bonchev–Trinajstić information content (AvgIpc) is 2.99. The maximum absolute atomic E-state index is 13.4. The summed E-state index contributed by atoms with van der Waals surface area (Å²) in [7, 11) is 1.58. The second kappa shape index (κ2) is 14.2. The Bertz CT molecular complexity index is 1600. The van der Waals surface area contributed by atoms with E-state index in [0.717, 1.165) is 21.7 Å². The Morgan fingerprint density at radius 2 is 1.57 bits per heavy atom. The van der Waals surface area contributed by atoms with E-state index in [1.54, 1.807) is 73.8 Å². The summed E-state index contributed by atoms with van der Waals surface area (Å²) in [5, 5.41) is 8.23. The first-order valence-electron chi connectivity index (χ1n) is 13.4. The minimum atomic E-state index is -0.488. The normalized spacial score (nSPS) is 11.8. The second-order valence-corrected chi connectivity index (χ2v) is 11.1. The maximum atomic E-state index is 13.4. The van der Waals surface area contributed by atoms with Gasteiger partial charge in [-0.1, -0.05) is 54.1 Å². The number of anilines is 2. The highest BCUT2D eigenvalue weighted by Crippen LogP contribution is 2.27. The van der Waals surface area contributed by atoms with Crippen molar-refractivity contribution in [1.29, 1.82) is 0 Å².